The van der Waals surface area contributed by atoms with E-state index in [9.17, 15) is 5.11 Å². The number of hydrogen-bond donors (Lipinski definition) is 1. The molecule has 0 aliphatic carbocycles. The highest BCUT2D eigenvalue weighted by Gasteiger charge is 2.10. The van der Waals surface area contributed by atoms with Crippen molar-refractivity contribution in [1.82, 2.24) is 0 Å². The number of rotatable bonds is 6. The van der Waals surface area contributed by atoms with Gasteiger partial charge in [-0.25, -0.2) is 0 Å². The molecule has 0 saturated carbocycles. The minimum Gasteiger partial charge on any atom is -0.481 e. The first-order valence-corrected chi connectivity index (χ1v) is 6.75. The van der Waals surface area contributed by atoms with Crippen molar-refractivity contribution in [2.45, 2.75) is 6.10 Å². The van der Waals surface area contributed by atoms with Crippen LogP contribution in [0.25, 0.3) is 0 Å². The van der Waals surface area contributed by atoms with Gasteiger partial charge in [0.15, 0.2) is 0 Å². The van der Waals surface area contributed by atoms with Crippen LogP contribution in [0.15, 0.2) is 48.5 Å². The maximum atomic E-state index is 10.4. The topological polar surface area (TPSA) is 38.7 Å². The smallest absolute Gasteiger partial charge is 0.148 e. The van der Waals surface area contributed by atoms with Crippen molar-refractivity contribution in [3.05, 3.63) is 59.7 Å². The summed E-state index contributed by atoms with van der Waals surface area (Å²) in [7, 11) is 0. The van der Waals surface area contributed by atoms with Gasteiger partial charge in [-0.3, -0.25) is 0 Å². The molecule has 2 rings (SSSR count). The molecule has 0 saturated heterocycles. The Morgan fingerprint density at radius 1 is 0.773 bits per heavy atom. The van der Waals surface area contributed by atoms with Crippen molar-refractivity contribution in [3.8, 4) is 36.2 Å². The minimum atomic E-state index is -0.719. The molecule has 3 nitrogen and oxygen atoms in total. The third-order valence-electron chi connectivity index (χ3n) is 3.04. The molecule has 0 atom stereocenters. The maximum absolute atomic E-state index is 10.4. The summed E-state index contributed by atoms with van der Waals surface area (Å²) in [6, 6.07) is 14.3. The molecule has 0 unspecified atom stereocenters. The highest BCUT2D eigenvalue weighted by molar-refractivity contribution is 5.36. The largest absolute Gasteiger partial charge is 0.481 e. The van der Waals surface area contributed by atoms with E-state index in [0.717, 1.165) is 11.1 Å². The van der Waals surface area contributed by atoms with Gasteiger partial charge in [-0.1, -0.05) is 36.1 Å². The molecule has 22 heavy (non-hydrogen) atoms. The predicted octanol–water partition coefficient (Wildman–Crippen LogP) is 2.79. The molecular weight excluding hydrogens is 276 g/mol. The number of aliphatic hydroxyl groups is 1. The second-order valence-electron chi connectivity index (χ2n) is 4.53. The fourth-order valence-electron chi connectivity index (χ4n) is 1.94. The first kappa shape index (κ1) is 15.5. The summed E-state index contributed by atoms with van der Waals surface area (Å²) in [6.07, 6.45) is 9.55. The highest BCUT2D eigenvalue weighted by Crippen LogP contribution is 2.25. The van der Waals surface area contributed by atoms with Crippen molar-refractivity contribution in [1.29, 1.82) is 0 Å². The molecule has 0 aliphatic rings. The van der Waals surface area contributed by atoms with Crippen LogP contribution in [0, 0.1) is 24.7 Å². The third kappa shape index (κ3) is 4.06. The quantitative estimate of drug-likeness (QED) is 0.832. The Morgan fingerprint density at radius 2 is 1.14 bits per heavy atom. The Kier molecular flexibility index (Phi) is 5.49. The SMILES string of the molecule is C#CCOc1ccc(C(O)c2ccc(OCC#C)cc2)cc1. The molecule has 0 radical (unpaired) electrons. The average molecular weight is 292 g/mol. The Hall–Kier alpha value is -2.88. The van der Waals surface area contributed by atoms with Crippen LogP contribution in [0.4, 0.5) is 0 Å². The molecule has 2 aromatic rings. The van der Waals surface area contributed by atoms with Crippen LogP contribution in [0.2, 0.25) is 0 Å². The molecule has 0 fully saturated rings. The molecular formula is C19H16O3. The van der Waals surface area contributed by atoms with Gasteiger partial charge in [-0.05, 0) is 35.4 Å². The van der Waals surface area contributed by atoms with Gasteiger partial charge in [0.25, 0.3) is 0 Å². The normalized spacial score (nSPS) is 9.82. The summed E-state index contributed by atoms with van der Waals surface area (Å²) in [5, 5.41) is 10.4. The number of benzene rings is 2. The van der Waals surface area contributed by atoms with Crippen LogP contribution in [0.3, 0.4) is 0 Å². The summed E-state index contributed by atoms with van der Waals surface area (Å²) in [4.78, 5) is 0. The van der Waals surface area contributed by atoms with Gasteiger partial charge < -0.3 is 14.6 Å². The number of hydrogen-bond acceptors (Lipinski definition) is 3. The zero-order valence-electron chi connectivity index (χ0n) is 12.0. The van der Waals surface area contributed by atoms with Crippen molar-refractivity contribution in [3.63, 3.8) is 0 Å². The Labute approximate surface area is 130 Å². The minimum absolute atomic E-state index is 0.223. The molecule has 110 valence electrons. The van der Waals surface area contributed by atoms with Crippen molar-refractivity contribution < 1.29 is 14.6 Å². The van der Waals surface area contributed by atoms with Gasteiger partial charge in [0.05, 0.1) is 0 Å². The molecule has 0 heterocycles. The zero-order valence-corrected chi connectivity index (χ0v) is 12.0. The van der Waals surface area contributed by atoms with E-state index in [4.69, 9.17) is 22.3 Å². The number of terminal acetylenes is 2. The standard InChI is InChI=1S/C19H16O3/c1-3-13-21-17-9-5-15(6-10-17)19(20)16-7-11-18(12-8-16)22-14-4-2/h1-2,5-12,19-20H,13-14H2. The van der Waals surface area contributed by atoms with Crippen molar-refractivity contribution in [2.24, 2.45) is 0 Å². The number of ether oxygens (including phenoxy) is 2. The lowest BCUT2D eigenvalue weighted by Crippen LogP contribution is -2.01. The lowest BCUT2D eigenvalue weighted by molar-refractivity contribution is 0.220. The fraction of sp³-hybridized carbons (Fsp3) is 0.158. The highest BCUT2D eigenvalue weighted by atomic mass is 16.5. The average Bonchev–Trinajstić information content (AvgIpc) is 2.58. The van der Waals surface area contributed by atoms with Crippen LogP contribution in [-0.2, 0) is 0 Å². The van der Waals surface area contributed by atoms with Gasteiger partial charge in [0.1, 0.15) is 30.8 Å². The van der Waals surface area contributed by atoms with Crippen LogP contribution in [0.1, 0.15) is 17.2 Å². The number of aliphatic hydroxyl groups excluding tert-OH is 1. The first-order valence-electron chi connectivity index (χ1n) is 6.75. The van der Waals surface area contributed by atoms with E-state index in [2.05, 4.69) is 11.8 Å². The van der Waals surface area contributed by atoms with Crippen LogP contribution < -0.4 is 9.47 Å². The van der Waals surface area contributed by atoms with E-state index in [0.29, 0.717) is 11.5 Å². The van der Waals surface area contributed by atoms with Crippen LogP contribution in [0.5, 0.6) is 11.5 Å². The van der Waals surface area contributed by atoms with E-state index in [1.54, 1.807) is 48.5 Å². The fourth-order valence-corrected chi connectivity index (χ4v) is 1.94. The van der Waals surface area contributed by atoms with E-state index >= 15 is 0 Å². The van der Waals surface area contributed by atoms with Gasteiger partial charge in [-0.15, -0.1) is 12.8 Å². The summed E-state index contributed by atoms with van der Waals surface area (Å²) < 4.78 is 10.6. The second-order valence-corrected chi connectivity index (χ2v) is 4.53. The van der Waals surface area contributed by atoms with E-state index in [1.807, 2.05) is 0 Å². The molecule has 0 aliphatic heterocycles. The molecule has 0 bridgehead atoms. The predicted molar refractivity (Wildman–Crippen MR) is 85.6 cm³/mol. The van der Waals surface area contributed by atoms with Crippen LogP contribution in [-0.4, -0.2) is 18.3 Å². The van der Waals surface area contributed by atoms with Gasteiger partial charge in [0.2, 0.25) is 0 Å². The molecule has 0 amide bonds. The Bertz CT molecular complexity index is 611. The monoisotopic (exact) mass is 292 g/mol. The van der Waals surface area contributed by atoms with E-state index in [-0.39, 0.29) is 13.2 Å². The molecule has 3 heteroatoms. The summed E-state index contributed by atoms with van der Waals surface area (Å²) in [5.74, 6) is 6.15. The van der Waals surface area contributed by atoms with E-state index in [1.165, 1.54) is 0 Å². The molecule has 1 N–H and O–H groups in total. The lowest BCUT2D eigenvalue weighted by atomic mass is 10.0. The van der Waals surface area contributed by atoms with Crippen molar-refractivity contribution in [2.75, 3.05) is 13.2 Å². The third-order valence-corrected chi connectivity index (χ3v) is 3.04. The Morgan fingerprint density at radius 3 is 1.45 bits per heavy atom. The lowest BCUT2D eigenvalue weighted by Gasteiger charge is -2.13. The van der Waals surface area contributed by atoms with Gasteiger partial charge >= 0.3 is 0 Å². The first-order chi connectivity index (χ1) is 10.7. The summed E-state index contributed by atoms with van der Waals surface area (Å²) >= 11 is 0. The molecule has 0 aromatic heterocycles. The zero-order chi connectivity index (χ0) is 15.8. The summed E-state index contributed by atoms with van der Waals surface area (Å²) in [6.45, 7) is 0.446. The summed E-state index contributed by atoms with van der Waals surface area (Å²) in [5.41, 5.74) is 1.54. The van der Waals surface area contributed by atoms with Crippen LogP contribution >= 0.6 is 0 Å². The van der Waals surface area contributed by atoms with E-state index < -0.39 is 6.10 Å². The van der Waals surface area contributed by atoms with Gasteiger partial charge in [-0.2, -0.15) is 0 Å². The molecule has 2 aromatic carbocycles. The Balaban J connectivity index is 2.06. The maximum Gasteiger partial charge on any atom is 0.148 e. The molecule has 0 spiro atoms. The van der Waals surface area contributed by atoms with Gasteiger partial charge in [0, 0.05) is 0 Å². The second kappa shape index (κ2) is 7.78. The van der Waals surface area contributed by atoms with Crippen molar-refractivity contribution >= 4 is 0 Å².